The summed E-state index contributed by atoms with van der Waals surface area (Å²) in [6, 6.07) is 24.8. The Morgan fingerprint density at radius 1 is 1.00 bits per heavy atom. The van der Waals surface area contributed by atoms with E-state index in [4.69, 9.17) is 11.6 Å². The minimum absolute atomic E-state index is 0.131. The quantitative estimate of drug-likeness (QED) is 0.327. The van der Waals surface area contributed by atoms with Crippen LogP contribution in [-0.4, -0.2) is 26.4 Å². The molecule has 3 aromatic carbocycles. The van der Waals surface area contributed by atoms with Crippen LogP contribution in [0.2, 0.25) is 5.02 Å². The van der Waals surface area contributed by atoms with Crippen molar-refractivity contribution in [1.82, 2.24) is 14.8 Å². The highest BCUT2D eigenvalue weighted by Crippen LogP contribution is 2.29. The molecule has 4 rings (SSSR count). The molecule has 150 valence electrons. The standard InChI is InChI=1S/C22H16BrClN4OS/c23-16-6-4-5-15(13-16)21-26-27-22(28(21)19-7-2-1-3-8-19)30-14-20(29)25-18-11-9-17(24)10-12-18/h1-13H,14H2,(H,25,29). The lowest BCUT2D eigenvalue weighted by molar-refractivity contribution is -0.113. The maximum absolute atomic E-state index is 12.4. The fourth-order valence-corrected chi connectivity index (χ4v) is 4.13. The number of nitrogens with zero attached hydrogens (tertiary/aromatic N) is 3. The first-order chi connectivity index (χ1) is 14.6. The van der Waals surface area contributed by atoms with E-state index >= 15 is 0 Å². The summed E-state index contributed by atoms with van der Waals surface area (Å²) < 4.78 is 2.92. The lowest BCUT2D eigenvalue weighted by atomic mass is 10.2. The van der Waals surface area contributed by atoms with Gasteiger partial charge < -0.3 is 5.32 Å². The summed E-state index contributed by atoms with van der Waals surface area (Å²) in [7, 11) is 0. The number of nitrogens with one attached hydrogen (secondary N) is 1. The highest BCUT2D eigenvalue weighted by atomic mass is 79.9. The summed E-state index contributed by atoms with van der Waals surface area (Å²) in [6.07, 6.45) is 0. The number of halogens is 2. The van der Waals surface area contributed by atoms with Gasteiger partial charge in [-0.05, 0) is 48.5 Å². The van der Waals surface area contributed by atoms with E-state index in [1.54, 1.807) is 24.3 Å². The van der Waals surface area contributed by atoms with Gasteiger partial charge in [-0.1, -0.05) is 69.6 Å². The molecular weight excluding hydrogens is 484 g/mol. The van der Waals surface area contributed by atoms with Gasteiger partial charge in [0.2, 0.25) is 5.91 Å². The average Bonchev–Trinajstić information content (AvgIpc) is 3.19. The first-order valence-electron chi connectivity index (χ1n) is 9.05. The molecule has 0 aliphatic rings. The van der Waals surface area contributed by atoms with Gasteiger partial charge in [0.05, 0.1) is 5.75 Å². The molecule has 0 aliphatic heterocycles. The van der Waals surface area contributed by atoms with Crippen LogP contribution in [0.25, 0.3) is 17.1 Å². The number of thioether (sulfide) groups is 1. The van der Waals surface area contributed by atoms with E-state index in [1.807, 2.05) is 59.2 Å². The van der Waals surface area contributed by atoms with Crippen molar-refractivity contribution in [2.24, 2.45) is 0 Å². The molecule has 0 atom stereocenters. The van der Waals surface area contributed by atoms with Crippen molar-refractivity contribution in [3.05, 3.63) is 88.4 Å². The smallest absolute Gasteiger partial charge is 0.234 e. The Bertz CT molecular complexity index is 1170. The molecule has 5 nitrogen and oxygen atoms in total. The molecule has 1 heterocycles. The van der Waals surface area contributed by atoms with Crippen LogP contribution in [0.3, 0.4) is 0 Å². The van der Waals surface area contributed by atoms with Crippen molar-refractivity contribution in [3.63, 3.8) is 0 Å². The number of hydrogen-bond acceptors (Lipinski definition) is 4. The maximum Gasteiger partial charge on any atom is 0.234 e. The average molecular weight is 500 g/mol. The molecule has 0 fully saturated rings. The number of aromatic nitrogens is 3. The van der Waals surface area contributed by atoms with Crippen molar-refractivity contribution >= 4 is 50.9 Å². The number of carbonyl (C=O) groups is 1. The van der Waals surface area contributed by atoms with Gasteiger partial charge in [0.1, 0.15) is 0 Å². The number of amides is 1. The van der Waals surface area contributed by atoms with E-state index < -0.39 is 0 Å². The number of carbonyl (C=O) groups excluding carboxylic acids is 1. The predicted octanol–water partition coefficient (Wildman–Crippen LogP) is 6.08. The zero-order valence-electron chi connectivity index (χ0n) is 15.6. The molecule has 1 aromatic heterocycles. The van der Waals surface area contributed by atoms with E-state index in [-0.39, 0.29) is 11.7 Å². The molecule has 0 unspecified atom stereocenters. The molecule has 1 N–H and O–H groups in total. The van der Waals surface area contributed by atoms with Crippen LogP contribution in [-0.2, 0) is 4.79 Å². The van der Waals surface area contributed by atoms with E-state index in [1.165, 1.54) is 11.8 Å². The zero-order chi connectivity index (χ0) is 20.9. The maximum atomic E-state index is 12.4. The van der Waals surface area contributed by atoms with Crippen molar-refractivity contribution < 1.29 is 4.79 Å². The number of benzene rings is 3. The molecule has 1 amide bonds. The third-order valence-electron chi connectivity index (χ3n) is 4.19. The topological polar surface area (TPSA) is 59.8 Å². The SMILES string of the molecule is O=C(CSc1nnc(-c2cccc(Br)c2)n1-c1ccccc1)Nc1ccc(Cl)cc1. The van der Waals surface area contributed by atoms with Gasteiger partial charge in [-0.25, -0.2) is 0 Å². The van der Waals surface area contributed by atoms with E-state index in [0.717, 1.165) is 15.7 Å². The Hall–Kier alpha value is -2.61. The van der Waals surface area contributed by atoms with Crippen molar-refractivity contribution in [2.75, 3.05) is 11.1 Å². The van der Waals surface area contributed by atoms with Crippen LogP contribution in [0, 0.1) is 0 Å². The summed E-state index contributed by atoms with van der Waals surface area (Å²) in [5.41, 5.74) is 2.56. The largest absolute Gasteiger partial charge is 0.325 e. The lowest BCUT2D eigenvalue weighted by Gasteiger charge is -2.10. The summed E-state index contributed by atoms with van der Waals surface area (Å²) in [4.78, 5) is 12.4. The minimum Gasteiger partial charge on any atom is -0.325 e. The van der Waals surface area contributed by atoms with E-state index in [0.29, 0.717) is 21.7 Å². The van der Waals surface area contributed by atoms with Crippen LogP contribution in [0.1, 0.15) is 0 Å². The molecule has 0 spiro atoms. The van der Waals surface area contributed by atoms with Crippen LogP contribution >= 0.6 is 39.3 Å². The van der Waals surface area contributed by atoms with Gasteiger partial charge in [0.25, 0.3) is 0 Å². The van der Waals surface area contributed by atoms with E-state index in [9.17, 15) is 4.79 Å². The van der Waals surface area contributed by atoms with Crippen LogP contribution in [0.15, 0.2) is 88.5 Å². The molecule has 0 saturated carbocycles. The minimum atomic E-state index is -0.131. The van der Waals surface area contributed by atoms with Gasteiger partial charge in [-0.2, -0.15) is 0 Å². The summed E-state index contributed by atoms with van der Waals surface area (Å²) in [6.45, 7) is 0. The van der Waals surface area contributed by atoms with Crippen molar-refractivity contribution in [2.45, 2.75) is 5.16 Å². The summed E-state index contributed by atoms with van der Waals surface area (Å²) >= 11 is 10.7. The third-order valence-corrected chi connectivity index (χ3v) is 5.87. The molecule has 0 saturated heterocycles. The summed E-state index contributed by atoms with van der Waals surface area (Å²) in [5.74, 6) is 0.781. The molecular formula is C22H16BrClN4OS. The fraction of sp³-hybridized carbons (Fsp3) is 0.0455. The molecule has 0 bridgehead atoms. The van der Waals surface area contributed by atoms with Gasteiger partial charge in [0.15, 0.2) is 11.0 Å². The van der Waals surface area contributed by atoms with Crippen LogP contribution < -0.4 is 5.32 Å². The number of para-hydroxylation sites is 1. The second kappa shape index (κ2) is 9.47. The Kier molecular flexibility index (Phi) is 6.52. The second-order valence-corrected chi connectivity index (χ2v) is 8.63. The molecule has 30 heavy (non-hydrogen) atoms. The number of rotatable bonds is 6. The highest BCUT2D eigenvalue weighted by Gasteiger charge is 2.17. The van der Waals surface area contributed by atoms with Crippen molar-refractivity contribution in [3.8, 4) is 17.1 Å². The Morgan fingerprint density at radius 3 is 2.50 bits per heavy atom. The monoisotopic (exact) mass is 498 g/mol. The van der Waals surface area contributed by atoms with Crippen molar-refractivity contribution in [1.29, 1.82) is 0 Å². The van der Waals surface area contributed by atoms with Gasteiger partial charge in [-0.3, -0.25) is 9.36 Å². The third kappa shape index (κ3) is 4.92. The van der Waals surface area contributed by atoms with Gasteiger partial charge in [-0.15, -0.1) is 10.2 Å². The molecule has 4 aromatic rings. The molecule has 0 radical (unpaired) electrons. The first kappa shape index (κ1) is 20.7. The predicted molar refractivity (Wildman–Crippen MR) is 125 cm³/mol. The first-order valence-corrected chi connectivity index (χ1v) is 11.2. The normalized spacial score (nSPS) is 10.7. The fourth-order valence-electron chi connectivity index (χ4n) is 2.85. The molecule has 0 aliphatic carbocycles. The highest BCUT2D eigenvalue weighted by molar-refractivity contribution is 9.10. The molecule has 8 heteroatoms. The summed E-state index contributed by atoms with van der Waals surface area (Å²) in [5, 5.41) is 12.9. The van der Waals surface area contributed by atoms with Crippen LogP contribution in [0.5, 0.6) is 0 Å². The second-order valence-electron chi connectivity index (χ2n) is 6.33. The van der Waals surface area contributed by atoms with Crippen LogP contribution in [0.4, 0.5) is 5.69 Å². The van der Waals surface area contributed by atoms with E-state index in [2.05, 4.69) is 31.4 Å². The number of hydrogen-bond donors (Lipinski definition) is 1. The Balaban J connectivity index is 1.58. The Morgan fingerprint density at radius 2 is 1.77 bits per heavy atom. The Labute approximate surface area is 191 Å². The van der Waals surface area contributed by atoms with Gasteiger partial charge in [0, 0.05) is 26.4 Å². The zero-order valence-corrected chi connectivity index (χ0v) is 18.8. The van der Waals surface area contributed by atoms with Gasteiger partial charge >= 0.3 is 0 Å². The number of anilines is 1. The lowest BCUT2D eigenvalue weighted by Crippen LogP contribution is -2.14.